The van der Waals surface area contributed by atoms with Crippen LogP contribution < -0.4 is 9.13 Å². The van der Waals surface area contributed by atoms with Crippen LogP contribution in [0.15, 0.2) is 133 Å². The van der Waals surface area contributed by atoms with Crippen LogP contribution in [0.3, 0.4) is 0 Å². The summed E-state index contributed by atoms with van der Waals surface area (Å²) >= 11 is 0. The lowest BCUT2D eigenvalue weighted by atomic mass is 9.77. The lowest BCUT2D eigenvalue weighted by Gasteiger charge is -2.31. The Hall–Kier alpha value is -6.13. The highest BCUT2D eigenvalue weighted by Crippen LogP contribution is 2.48. The van der Waals surface area contributed by atoms with E-state index in [1.165, 1.54) is 66.9 Å². The molecule has 4 aromatic carbocycles. The molecular formula is C61H65N3O+2. The number of allylic oxidation sites excluding steroid dienone is 1. The Morgan fingerprint density at radius 3 is 2.15 bits per heavy atom. The van der Waals surface area contributed by atoms with Gasteiger partial charge in [0.2, 0.25) is 17.1 Å². The number of nitrogens with zero attached hydrogens (tertiary/aromatic N) is 3. The number of hydrogen-bond acceptors (Lipinski definition) is 2. The molecule has 0 saturated carbocycles. The van der Waals surface area contributed by atoms with Crippen molar-refractivity contribution in [1.82, 2.24) is 4.98 Å². The van der Waals surface area contributed by atoms with Crippen LogP contribution in [0.4, 0.5) is 0 Å². The van der Waals surface area contributed by atoms with Crippen molar-refractivity contribution >= 4 is 27.8 Å². The lowest BCUT2D eigenvalue weighted by Crippen LogP contribution is -2.49. The maximum absolute atomic E-state index is 7.25. The Balaban J connectivity index is 1.21. The quantitative estimate of drug-likeness (QED) is 0.150. The van der Waals surface area contributed by atoms with Crippen molar-refractivity contribution < 1.29 is 13.6 Å². The van der Waals surface area contributed by atoms with Gasteiger partial charge in [-0.05, 0) is 120 Å². The molecule has 2 unspecified atom stereocenters. The molecule has 10 rings (SSSR count). The Morgan fingerprint density at radius 1 is 0.677 bits per heavy atom. The Kier molecular flexibility index (Phi) is 11.0. The van der Waals surface area contributed by atoms with Gasteiger partial charge in [-0.15, -0.1) is 0 Å². The normalized spacial score (nSPS) is 16.1. The number of furan rings is 1. The molecule has 0 spiro atoms. The molecule has 328 valence electrons. The number of pyridine rings is 3. The molecule has 2 aliphatic rings. The molecule has 2 aliphatic heterocycles. The summed E-state index contributed by atoms with van der Waals surface area (Å²) < 4.78 is 12.3. The van der Waals surface area contributed by atoms with Crippen LogP contribution >= 0.6 is 0 Å². The predicted molar refractivity (Wildman–Crippen MR) is 270 cm³/mol. The van der Waals surface area contributed by atoms with Gasteiger partial charge >= 0.3 is 0 Å². The van der Waals surface area contributed by atoms with Crippen molar-refractivity contribution in [3.8, 4) is 44.9 Å². The van der Waals surface area contributed by atoms with Crippen LogP contribution in [0, 0.1) is 25.7 Å². The number of benzene rings is 4. The van der Waals surface area contributed by atoms with E-state index in [0.717, 1.165) is 58.3 Å². The average Bonchev–Trinajstić information content (AvgIpc) is 3.66. The average molecular weight is 856 g/mol. The number of aromatic nitrogens is 3. The second kappa shape index (κ2) is 16.7. The molecule has 0 amide bonds. The van der Waals surface area contributed by atoms with E-state index in [-0.39, 0.29) is 17.9 Å². The van der Waals surface area contributed by atoms with Crippen LogP contribution in [0.25, 0.3) is 72.7 Å². The zero-order chi connectivity index (χ0) is 45.4. The van der Waals surface area contributed by atoms with Gasteiger partial charge in [0, 0.05) is 58.0 Å². The number of hydrogen-bond donors (Lipinski definition) is 0. The second-order valence-electron chi connectivity index (χ2n) is 20.5. The fourth-order valence-electron chi connectivity index (χ4n) is 12.1. The molecule has 4 nitrogen and oxygen atoms in total. The largest absolute Gasteiger partial charge is 0.437 e. The summed E-state index contributed by atoms with van der Waals surface area (Å²) in [6.07, 6.45) is 7.57. The van der Waals surface area contributed by atoms with Gasteiger partial charge in [0.25, 0.3) is 0 Å². The van der Waals surface area contributed by atoms with Gasteiger partial charge < -0.3 is 4.42 Å². The fraction of sp³-hybridized carbons (Fsp3) is 0.328. The van der Waals surface area contributed by atoms with E-state index in [1.807, 2.05) is 0 Å². The molecule has 2 atom stereocenters. The third-order valence-electron chi connectivity index (χ3n) is 14.9. The lowest BCUT2D eigenvalue weighted by molar-refractivity contribution is -0.719. The summed E-state index contributed by atoms with van der Waals surface area (Å²) in [5.74, 6) is 2.25. The van der Waals surface area contributed by atoms with Gasteiger partial charge in [-0.25, -0.2) is 4.98 Å². The van der Waals surface area contributed by atoms with Gasteiger partial charge in [0.1, 0.15) is 0 Å². The Bertz CT molecular complexity index is 3140. The summed E-state index contributed by atoms with van der Waals surface area (Å²) in [5.41, 5.74) is 21.7. The van der Waals surface area contributed by atoms with E-state index in [1.54, 1.807) is 0 Å². The molecule has 4 aromatic heterocycles. The monoisotopic (exact) mass is 856 g/mol. The standard InChI is InChI=1S/C61H65N3O/c1-35(2)44-25-26-45(42-17-13-12-14-18-42)57(38(7)8)59(44)52-28-27-49-48-24-22-43-23-30-54-50(46-19-15-16-20-47(46)53-29-21-39(9)33-64(53)54)32-41(11)63-34-51(56(36(3)4)37(5)6)40(10)31-55(63)58(43)60(48)65-61(49)62-52/h12-22,24-29,31,33-38,50,54,56H,11,23,30,32H2,1-10H3/q+2. The number of fused-ring (bicyclic) bond motifs is 13. The maximum atomic E-state index is 7.25. The van der Waals surface area contributed by atoms with Gasteiger partial charge in [-0.2, -0.15) is 9.13 Å². The highest BCUT2D eigenvalue weighted by Gasteiger charge is 2.43. The highest BCUT2D eigenvalue weighted by atomic mass is 16.3. The first-order valence-corrected chi connectivity index (χ1v) is 24.2. The van der Waals surface area contributed by atoms with E-state index < -0.39 is 0 Å². The van der Waals surface area contributed by atoms with Crippen LogP contribution in [0.2, 0.25) is 0 Å². The van der Waals surface area contributed by atoms with Gasteiger partial charge in [-0.1, -0.05) is 128 Å². The first kappa shape index (κ1) is 42.8. The van der Waals surface area contributed by atoms with E-state index >= 15 is 0 Å². The summed E-state index contributed by atoms with van der Waals surface area (Å²) in [6.45, 7) is 28.2. The van der Waals surface area contributed by atoms with E-state index in [9.17, 15) is 0 Å². The van der Waals surface area contributed by atoms with Crippen LogP contribution in [-0.2, 0) is 6.42 Å². The molecule has 0 N–H and O–H groups in total. The minimum Gasteiger partial charge on any atom is -0.437 e. The second-order valence-corrected chi connectivity index (χ2v) is 20.5. The van der Waals surface area contributed by atoms with Crippen molar-refractivity contribution in [2.45, 2.75) is 118 Å². The fourth-order valence-corrected chi connectivity index (χ4v) is 12.1. The molecule has 0 radical (unpaired) electrons. The van der Waals surface area contributed by atoms with E-state index in [4.69, 9.17) is 16.0 Å². The van der Waals surface area contributed by atoms with Crippen molar-refractivity contribution in [3.05, 3.63) is 167 Å². The molecule has 6 heterocycles. The van der Waals surface area contributed by atoms with Crippen molar-refractivity contribution in [2.24, 2.45) is 11.8 Å². The molecule has 0 bridgehead atoms. The maximum Gasteiger partial charge on any atom is 0.227 e. The molecule has 0 aliphatic carbocycles. The van der Waals surface area contributed by atoms with Crippen LogP contribution in [-0.4, -0.2) is 4.98 Å². The summed E-state index contributed by atoms with van der Waals surface area (Å²) in [7, 11) is 0. The van der Waals surface area contributed by atoms with Gasteiger partial charge in [0.15, 0.2) is 29.7 Å². The molecule has 8 aromatic rings. The van der Waals surface area contributed by atoms with Gasteiger partial charge in [-0.3, -0.25) is 0 Å². The zero-order valence-electron chi connectivity index (χ0n) is 40.2. The predicted octanol–water partition coefficient (Wildman–Crippen LogP) is 15.6. The SMILES string of the molecule is C=C1CC2c3ccccc3-c3ccc(C)c[n+]3C2CCc2ccc3c(oc4nc(-c5c(C(C)C)ccc(-c6ccccc6)c5C(C)C)ccc43)c2-c2cc(C)c(C(C(C)C)C(C)C)c[n+]21. The third-order valence-corrected chi connectivity index (χ3v) is 14.9. The first-order chi connectivity index (χ1) is 31.3. The van der Waals surface area contributed by atoms with Gasteiger partial charge in [0.05, 0.1) is 17.2 Å². The van der Waals surface area contributed by atoms with E-state index in [2.05, 4.69) is 200 Å². The summed E-state index contributed by atoms with van der Waals surface area (Å²) in [5, 5.41) is 2.14. The minimum atomic E-state index is 0.253. The smallest absolute Gasteiger partial charge is 0.227 e. The third kappa shape index (κ3) is 7.25. The first-order valence-electron chi connectivity index (χ1n) is 24.2. The van der Waals surface area contributed by atoms with Crippen molar-refractivity contribution in [1.29, 1.82) is 0 Å². The van der Waals surface area contributed by atoms with Crippen molar-refractivity contribution in [3.63, 3.8) is 0 Å². The van der Waals surface area contributed by atoms with Crippen molar-refractivity contribution in [2.75, 3.05) is 0 Å². The molecular weight excluding hydrogens is 791 g/mol. The molecule has 65 heavy (non-hydrogen) atoms. The molecule has 4 heteroatoms. The van der Waals surface area contributed by atoms with Crippen LogP contribution in [0.5, 0.6) is 0 Å². The van der Waals surface area contributed by atoms with E-state index in [0.29, 0.717) is 29.4 Å². The summed E-state index contributed by atoms with van der Waals surface area (Å²) in [4.78, 5) is 5.51. The van der Waals surface area contributed by atoms with Crippen LogP contribution in [0.1, 0.15) is 137 Å². The Labute approximate surface area is 386 Å². The number of aryl methyl sites for hydroxylation is 3. The topological polar surface area (TPSA) is 33.8 Å². The zero-order valence-corrected chi connectivity index (χ0v) is 40.2. The highest BCUT2D eigenvalue weighted by molar-refractivity contribution is 6.09. The molecule has 0 saturated heterocycles. The summed E-state index contributed by atoms with van der Waals surface area (Å²) in [6, 6.07) is 41.0. The number of rotatable bonds is 7. The molecule has 0 fully saturated rings. The Morgan fingerprint density at radius 2 is 1.42 bits per heavy atom. The minimum absolute atomic E-state index is 0.253.